The number of rotatable bonds is 7. The minimum Gasteiger partial charge on any atom is -0.456 e. The van der Waals surface area contributed by atoms with E-state index in [-0.39, 0.29) is 6.04 Å². The van der Waals surface area contributed by atoms with Crippen LogP contribution in [0.2, 0.25) is 0 Å². The van der Waals surface area contributed by atoms with Crippen LogP contribution < -0.4 is 5.32 Å². The minimum absolute atomic E-state index is 0.144. The first-order valence-electron chi connectivity index (χ1n) is 21.4. The summed E-state index contributed by atoms with van der Waals surface area (Å²) in [6.07, 6.45) is 2.25. The molecule has 0 aliphatic carbocycles. The fourth-order valence-corrected chi connectivity index (χ4v) is 9.30. The Morgan fingerprint density at radius 3 is 1.73 bits per heavy atom. The van der Waals surface area contributed by atoms with Gasteiger partial charge in [-0.05, 0) is 75.9 Å². The molecular weight excluding hydrogens is 767 g/mol. The maximum Gasteiger partial charge on any atom is 0.136 e. The summed E-state index contributed by atoms with van der Waals surface area (Å²) in [5.41, 5.74) is 15.6. The van der Waals surface area contributed by atoms with Crippen molar-refractivity contribution in [1.29, 1.82) is 0 Å². The van der Waals surface area contributed by atoms with Gasteiger partial charge in [-0.3, -0.25) is 0 Å². The average Bonchev–Trinajstić information content (AvgIpc) is 3.74. The van der Waals surface area contributed by atoms with Gasteiger partial charge in [0.2, 0.25) is 0 Å². The van der Waals surface area contributed by atoms with Crippen molar-refractivity contribution in [2.24, 2.45) is 4.99 Å². The number of hydrogen-bond acceptors (Lipinski definition) is 4. The Balaban J connectivity index is 1.04. The summed E-state index contributed by atoms with van der Waals surface area (Å²) in [6.45, 7) is 0. The molecule has 2 aromatic heterocycles. The normalized spacial score (nSPS) is 13.9. The molecule has 9 aromatic carbocycles. The van der Waals surface area contributed by atoms with Crippen LogP contribution in [0.25, 0.3) is 93.9 Å². The van der Waals surface area contributed by atoms with Crippen molar-refractivity contribution in [2.75, 3.05) is 0 Å². The lowest BCUT2D eigenvalue weighted by molar-refractivity contribution is 0.669. The number of benzene rings is 9. The second-order valence-corrected chi connectivity index (χ2v) is 16.1. The number of hydrogen-bond donors (Lipinski definition) is 1. The van der Waals surface area contributed by atoms with Crippen LogP contribution in [0.5, 0.6) is 0 Å². The molecule has 0 saturated heterocycles. The van der Waals surface area contributed by atoms with Crippen LogP contribution >= 0.6 is 0 Å². The van der Waals surface area contributed by atoms with Crippen LogP contribution in [-0.2, 0) is 0 Å². The van der Waals surface area contributed by atoms with E-state index in [1.165, 1.54) is 16.7 Å². The summed E-state index contributed by atoms with van der Waals surface area (Å²) in [7, 11) is 0. The summed E-state index contributed by atoms with van der Waals surface area (Å²) in [5.74, 6) is 0.796. The second-order valence-electron chi connectivity index (χ2n) is 16.1. The zero-order valence-electron chi connectivity index (χ0n) is 34.2. The lowest BCUT2D eigenvalue weighted by Gasteiger charge is -2.25. The Kier molecular flexibility index (Phi) is 8.86. The van der Waals surface area contributed by atoms with Crippen molar-refractivity contribution in [1.82, 2.24) is 10.3 Å². The lowest BCUT2D eigenvalue weighted by atomic mass is 9.89. The minimum atomic E-state index is -0.144. The Labute approximate surface area is 365 Å². The molecule has 1 N–H and O–H groups in total. The van der Waals surface area contributed by atoms with Gasteiger partial charge in [-0.1, -0.05) is 182 Å². The quantitative estimate of drug-likeness (QED) is 0.163. The summed E-state index contributed by atoms with van der Waals surface area (Å²) in [6, 6.07) is 76.8. The fourth-order valence-electron chi connectivity index (χ4n) is 9.30. The molecule has 4 nitrogen and oxygen atoms in total. The predicted molar refractivity (Wildman–Crippen MR) is 262 cm³/mol. The number of nitrogens with zero attached hydrogens (tertiary/aromatic N) is 2. The highest BCUT2D eigenvalue weighted by Gasteiger charge is 2.24. The third kappa shape index (κ3) is 6.57. The molecule has 1 unspecified atom stereocenters. The summed E-state index contributed by atoms with van der Waals surface area (Å²) in [4.78, 5) is 10.9. The average molecular weight is 806 g/mol. The molecule has 0 radical (unpaired) electrons. The topological polar surface area (TPSA) is 50.4 Å². The van der Waals surface area contributed by atoms with E-state index in [0.29, 0.717) is 0 Å². The van der Waals surface area contributed by atoms with Gasteiger partial charge in [0, 0.05) is 49.2 Å². The zero-order chi connectivity index (χ0) is 41.7. The molecule has 0 saturated carbocycles. The van der Waals surface area contributed by atoms with Gasteiger partial charge < -0.3 is 9.73 Å². The molecule has 1 aliphatic rings. The second kappa shape index (κ2) is 15.3. The van der Waals surface area contributed by atoms with Gasteiger partial charge in [0.05, 0.1) is 22.9 Å². The molecular formula is C59H39N3O. The van der Waals surface area contributed by atoms with Gasteiger partial charge in [0.25, 0.3) is 0 Å². The number of aromatic nitrogens is 1. The van der Waals surface area contributed by atoms with E-state index < -0.39 is 0 Å². The number of furan rings is 1. The highest BCUT2D eigenvalue weighted by atomic mass is 16.3. The molecule has 4 heteroatoms. The van der Waals surface area contributed by atoms with Crippen LogP contribution in [0, 0.1) is 0 Å². The largest absolute Gasteiger partial charge is 0.456 e. The smallest absolute Gasteiger partial charge is 0.136 e. The number of aliphatic imine (C=N–C) groups is 1. The number of para-hydroxylation sites is 2. The highest BCUT2D eigenvalue weighted by Crippen LogP contribution is 2.46. The number of pyridine rings is 1. The Morgan fingerprint density at radius 2 is 0.968 bits per heavy atom. The number of amidine groups is 1. The third-order valence-electron chi connectivity index (χ3n) is 12.3. The van der Waals surface area contributed by atoms with Gasteiger partial charge in [0.1, 0.15) is 17.0 Å². The molecule has 3 heterocycles. The Bertz CT molecular complexity index is 3590. The van der Waals surface area contributed by atoms with Crippen molar-refractivity contribution in [3.8, 4) is 44.6 Å². The zero-order valence-corrected chi connectivity index (χ0v) is 34.2. The maximum absolute atomic E-state index is 6.66. The van der Waals surface area contributed by atoms with E-state index in [4.69, 9.17) is 14.4 Å². The van der Waals surface area contributed by atoms with E-state index in [2.05, 4.69) is 224 Å². The van der Waals surface area contributed by atoms with Crippen LogP contribution in [0.1, 0.15) is 22.7 Å². The van der Waals surface area contributed by atoms with Gasteiger partial charge in [-0.2, -0.15) is 0 Å². The number of nitrogens with one attached hydrogen (secondary N) is 1. The molecule has 0 bridgehead atoms. The third-order valence-corrected chi connectivity index (χ3v) is 12.3. The molecule has 1 atom stereocenters. The molecule has 12 rings (SSSR count). The first kappa shape index (κ1) is 36.5. The van der Waals surface area contributed by atoms with Crippen molar-refractivity contribution >= 4 is 55.1 Å². The SMILES string of the molecule is C1=C(c2cccc(-c3ccccc3)c2)N=C(c2cccc(-c3nc4ccccc4c4c(-c5ccccc5)c5c(cc34)oc3ccccc35)c2)NC1c1cccc(-c2ccccc2)c1. The predicted octanol–water partition coefficient (Wildman–Crippen LogP) is 15.1. The van der Waals surface area contributed by atoms with Crippen LogP contribution in [0.3, 0.4) is 0 Å². The Hall–Kier alpha value is -8.34. The van der Waals surface area contributed by atoms with E-state index in [1.54, 1.807) is 0 Å². The van der Waals surface area contributed by atoms with Crippen LogP contribution in [-0.4, -0.2) is 10.8 Å². The monoisotopic (exact) mass is 805 g/mol. The lowest BCUT2D eigenvalue weighted by Crippen LogP contribution is -2.31. The van der Waals surface area contributed by atoms with E-state index in [1.807, 2.05) is 6.07 Å². The molecule has 0 amide bonds. The molecule has 1 aliphatic heterocycles. The highest BCUT2D eigenvalue weighted by molar-refractivity contribution is 6.27. The van der Waals surface area contributed by atoms with Gasteiger partial charge in [-0.25, -0.2) is 9.98 Å². The summed E-state index contributed by atoms with van der Waals surface area (Å²) in [5, 5.41) is 9.36. The summed E-state index contributed by atoms with van der Waals surface area (Å²) < 4.78 is 6.66. The van der Waals surface area contributed by atoms with E-state index >= 15 is 0 Å². The van der Waals surface area contributed by atoms with Crippen LogP contribution in [0.15, 0.2) is 234 Å². The van der Waals surface area contributed by atoms with Crippen molar-refractivity contribution < 1.29 is 4.42 Å². The molecule has 296 valence electrons. The van der Waals surface area contributed by atoms with E-state index in [9.17, 15) is 0 Å². The van der Waals surface area contributed by atoms with Crippen molar-refractivity contribution in [2.45, 2.75) is 6.04 Å². The summed E-state index contributed by atoms with van der Waals surface area (Å²) >= 11 is 0. The van der Waals surface area contributed by atoms with Crippen molar-refractivity contribution in [3.63, 3.8) is 0 Å². The van der Waals surface area contributed by atoms with E-state index in [0.717, 1.165) is 99.8 Å². The number of fused-ring (bicyclic) bond motifs is 6. The van der Waals surface area contributed by atoms with Gasteiger partial charge in [-0.15, -0.1) is 0 Å². The first-order valence-corrected chi connectivity index (χ1v) is 21.4. The fraction of sp³-hybridized carbons (Fsp3) is 0.0169. The first-order chi connectivity index (χ1) is 31.2. The standard InChI is InChI=1S/C59H39N3O/c1-4-17-38(18-5-1)41-23-14-25-43(33-41)51-37-52(44-26-15-24-42(34-44)39-19-6-2-7-20-39)62-59(61-51)46-28-16-27-45(35-46)58-49-36-54-57(48-30-11-13-32-53(48)63-54)55(40-21-8-3-9-22-40)56(49)47-29-10-12-31-50(47)60-58/h1-37,51H,(H,61,62). The molecule has 11 aromatic rings. The van der Waals surface area contributed by atoms with Crippen molar-refractivity contribution in [3.05, 3.63) is 241 Å². The maximum atomic E-state index is 6.66. The van der Waals surface area contributed by atoms with Gasteiger partial charge in [0.15, 0.2) is 0 Å². The molecule has 0 fully saturated rings. The Morgan fingerprint density at radius 1 is 0.397 bits per heavy atom. The van der Waals surface area contributed by atoms with Gasteiger partial charge >= 0.3 is 0 Å². The molecule has 63 heavy (non-hydrogen) atoms. The molecule has 0 spiro atoms. The van der Waals surface area contributed by atoms with Crippen LogP contribution in [0.4, 0.5) is 0 Å².